The summed E-state index contributed by atoms with van der Waals surface area (Å²) in [7, 11) is 1.35. The van der Waals surface area contributed by atoms with E-state index in [9.17, 15) is 14.9 Å². The summed E-state index contributed by atoms with van der Waals surface area (Å²) in [5.41, 5.74) is 0.326. The third-order valence-corrected chi connectivity index (χ3v) is 5.42. The van der Waals surface area contributed by atoms with Crippen molar-refractivity contribution in [3.05, 3.63) is 69.6 Å². The number of hydrogen-bond acceptors (Lipinski definition) is 8. The van der Waals surface area contributed by atoms with E-state index in [-0.39, 0.29) is 27.7 Å². The summed E-state index contributed by atoms with van der Waals surface area (Å²) >= 11 is 6.36. The summed E-state index contributed by atoms with van der Waals surface area (Å²) in [6.45, 7) is 5.90. The van der Waals surface area contributed by atoms with E-state index in [1.54, 1.807) is 24.3 Å². The van der Waals surface area contributed by atoms with Gasteiger partial charge in [0.05, 0.1) is 33.6 Å². The number of rotatable bonds is 6. The van der Waals surface area contributed by atoms with Gasteiger partial charge in [-0.05, 0) is 18.2 Å². The number of nitro benzene ring substituents is 1. The number of nitrogens with one attached hydrogen (secondary N) is 2. The van der Waals surface area contributed by atoms with Crippen molar-refractivity contribution in [2.24, 2.45) is 0 Å². The first kappa shape index (κ1) is 24.7. The SMILES string of the molecule is COc1cc2nccc(Oc3ccc(NC(=O)Nc4cc(C(C)(C)C)on4)c(Cl)c3)c2cc1[N+](=O)[O-]. The Morgan fingerprint density at radius 3 is 2.53 bits per heavy atom. The van der Waals surface area contributed by atoms with Crippen LogP contribution < -0.4 is 20.1 Å². The molecule has 0 aliphatic heterocycles. The van der Waals surface area contributed by atoms with Crippen molar-refractivity contribution in [3.63, 3.8) is 0 Å². The Kier molecular flexibility index (Phi) is 6.67. The number of aromatic nitrogens is 2. The highest BCUT2D eigenvalue weighted by Crippen LogP contribution is 2.37. The van der Waals surface area contributed by atoms with Gasteiger partial charge in [-0.3, -0.25) is 20.4 Å². The summed E-state index contributed by atoms with van der Waals surface area (Å²) in [5, 5.41) is 21.1. The monoisotopic (exact) mass is 511 g/mol. The van der Waals surface area contributed by atoms with Gasteiger partial charge in [0.2, 0.25) is 0 Å². The van der Waals surface area contributed by atoms with Gasteiger partial charge < -0.3 is 19.3 Å². The van der Waals surface area contributed by atoms with E-state index < -0.39 is 11.0 Å². The van der Waals surface area contributed by atoms with Gasteiger partial charge >= 0.3 is 11.7 Å². The average Bonchev–Trinajstić information content (AvgIpc) is 3.29. The maximum atomic E-state index is 12.4. The number of ether oxygens (including phenoxy) is 2. The third-order valence-electron chi connectivity index (χ3n) is 5.11. The van der Waals surface area contributed by atoms with Crippen LogP contribution >= 0.6 is 11.6 Å². The molecule has 0 radical (unpaired) electrons. The normalized spacial score (nSPS) is 11.2. The zero-order chi connectivity index (χ0) is 26.0. The van der Waals surface area contributed by atoms with Crippen LogP contribution in [0.25, 0.3) is 10.9 Å². The molecule has 0 unspecified atom stereocenters. The quantitative estimate of drug-likeness (QED) is 0.220. The lowest BCUT2D eigenvalue weighted by Gasteiger charge is -2.12. The highest BCUT2D eigenvalue weighted by Gasteiger charge is 2.21. The summed E-state index contributed by atoms with van der Waals surface area (Å²) in [5.74, 6) is 1.67. The average molecular weight is 512 g/mol. The number of nitro groups is 1. The predicted molar refractivity (Wildman–Crippen MR) is 134 cm³/mol. The number of hydrogen-bond donors (Lipinski definition) is 2. The fourth-order valence-electron chi connectivity index (χ4n) is 3.28. The van der Waals surface area contributed by atoms with E-state index in [4.69, 9.17) is 25.6 Å². The van der Waals surface area contributed by atoms with Crippen LogP contribution in [-0.4, -0.2) is 28.2 Å². The van der Waals surface area contributed by atoms with Crippen molar-refractivity contribution in [2.75, 3.05) is 17.7 Å². The van der Waals surface area contributed by atoms with E-state index in [2.05, 4.69) is 20.8 Å². The Labute approximate surface area is 210 Å². The molecular weight excluding hydrogens is 490 g/mol. The third kappa shape index (κ3) is 5.31. The number of carbonyl (C=O) groups is 1. The van der Waals surface area contributed by atoms with Crippen molar-refractivity contribution in [1.29, 1.82) is 0 Å². The molecule has 0 fully saturated rings. The van der Waals surface area contributed by atoms with Crippen LogP contribution in [0.1, 0.15) is 26.5 Å². The largest absolute Gasteiger partial charge is 0.490 e. The van der Waals surface area contributed by atoms with Crippen LogP contribution in [0.5, 0.6) is 17.2 Å². The Bertz CT molecular complexity index is 1460. The summed E-state index contributed by atoms with van der Waals surface area (Å²) < 4.78 is 16.3. The fraction of sp³-hybridized carbons (Fsp3) is 0.208. The van der Waals surface area contributed by atoms with Crippen LogP contribution in [-0.2, 0) is 5.41 Å². The van der Waals surface area contributed by atoms with Crippen molar-refractivity contribution in [1.82, 2.24) is 10.1 Å². The van der Waals surface area contributed by atoms with Crippen molar-refractivity contribution < 1.29 is 23.7 Å². The first-order chi connectivity index (χ1) is 17.0. The van der Waals surface area contributed by atoms with Gasteiger partial charge in [-0.2, -0.15) is 0 Å². The van der Waals surface area contributed by atoms with Gasteiger partial charge in [-0.1, -0.05) is 37.5 Å². The number of carbonyl (C=O) groups excluding carboxylic acids is 1. The molecular formula is C24H22ClN5O6. The summed E-state index contributed by atoms with van der Waals surface area (Å²) in [6.07, 6.45) is 1.51. The molecule has 2 aromatic carbocycles. The molecule has 2 amide bonds. The zero-order valence-electron chi connectivity index (χ0n) is 19.8. The maximum absolute atomic E-state index is 12.4. The molecule has 4 rings (SSSR count). The van der Waals surface area contributed by atoms with Gasteiger partial charge in [0.15, 0.2) is 11.6 Å². The van der Waals surface area contributed by atoms with Gasteiger partial charge in [0.1, 0.15) is 17.3 Å². The molecule has 0 atom stereocenters. The van der Waals surface area contributed by atoms with Crippen LogP contribution in [0.4, 0.5) is 22.0 Å². The first-order valence-electron chi connectivity index (χ1n) is 10.7. The second kappa shape index (κ2) is 9.70. The van der Waals surface area contributed by atoms with Crippen LogP contribution in [0.2, 0.25) is 5.02 Å². The molecule has 36 heavy (non-hydrogen) atoms. The Hall–Kier alpha value is -4.38. The van der Waals surface area contributed by atoms with E-state index in [1.165, 1.54) is 31.5 Å². The number of fused-ring (bicyclic) bond motifs is 1. The molecule has 4 aromatic rings. The van der Waals surface area contributed by atoms with Crippen molar-refractivity contribution in [2.45, 2.75) is 26.2 Å². The highest BCUT2D eigenvalue weighted by atomic mass is 35.5. The second-order valence-corrected chi connectivity index (χ2v) is 9.16. The number of urea groups is 1. The molecule has 0 aliphatic carbocycles. The molecule has 11 nitrogen and oxygen atoms in total. The number of amides is 2. The van der Waals surface area contributed by atoms with E-state index in [0.29, 0.717) is 33.8 Å². The Balaban J connectivity index is 1.51. The van der Waals surface area contributed by atoms with Gasteiger partial charge in [0.25, 0.3) is 0 Å². The maximum Gasteiger partial charge on any atom is 0.324 e. The minimum Gasteiger partial charge on any atom is -0.490 e. The molecule has 0 saturated carbocycles. The lowest BCUT2D eigenvalue weighted by molar-refractivity contribution is -0.385. The fourth-order valence-corrected chi connectivity index (χ4v) is 3.49. The summed E-state index contributed by atoms with van der Waals surface area (Å²) in [6, 6.07) is 10.2. The lowest BCUT2D eigenvalue weighted by atomic mass is 9.93. The van der Waals surface area contributed by atoms with Crippen molar-refractivity contribution in [3.8, 4) is 17.2 Å². The number of halogens is 1. The lowest BCUT2D eigenvalue weighted by Crippen LogP contribution is -2.19. The molecule has 2 N–H and O–H groups in total. The summed E-state index contributed by atoms with van der Waals surface area (Å²) in [4.78, 5) is 27.5. The predicted octanol–water partition coefficient (Wildman–Crippen LogP) is 6.53. The van der Waals surface area contributed by atoms with E-state index in [0.717, 1.165) is 0 Å². The number of nitrogens with zero attached hydrogens (tertiary/aromatic N) is 3. The number of methoxy groups -OCH3 is 1. The van der Waals surface area contributed by atoms with Crippen LogP contribution in [0.15, 0.2) is 53.2 Å². The highest BCUT2D eigenvalue weighted by molar-refractivity contribution is 6.34. The second-order valence-electron chi connectivity index (χ2n) is 8.76. The molecule has 12 heteroatoms. The molecule has 0 aliphatic rings. The number of pyridine rings is 1. The topological polar surface area (TPSA) is 142 Å². The Morgan fingerprint density at radius 1 is 1.11 bits per heavy atom. The molecule has 0 bridgehead atoms. The number of anilines is 2. The molecule has 0 saturated heterocycles. The van der Waals surface area contributed by atoms with Gasteiger partial charge in [-0.25, -0.2) is 4.79 Å². The minimum atomic E-state index is -0.555. The van der Waals surface area contributed by atoms with Gasteiger partial charge in [0, 0.05) is 35.9 Å². The van der Waals surface area contributed by atoms with E-state index in [1.807, 2.05) is 20.8 Å². The zero-order valence-corrected chi connectivity index (χ0v) is 20.5. The molecule has 2 aromatic heterocycles. The van der Waals surface area contributed by atoms with Crippen molar-refractivity contribution >= 4 is 45.7 Å². The van der Waals surface area contributed by atoms with E-state index >= 15 is 0 Å². The van der Waals surface area contributed by atoms with Crippen LogP contribution in [0.3, 0.4) is 0 Å². The van der Waals surface area contributed by atoms with Crippen LogP contribution in [0, 0.1) is 10.1 Å². The minimum absolute atomic E-state index is 0.0918. The standard InChI is InChI=1S/C24H22ClN5O6/c1-24(2,3)21-12-22(29-36-21)28-23(31)27-16-6-5-13(9-15(16)25)35-19-7-8-26-17-11-20(34-4)18(30(32)33)10-14(17)19/h5-12H,1-4H3,(H2,27,28,29,31). The molecule has 0 spiro atoms. The van der Waals surface area contributed by atoms with Gasteiger partial charge in [-0.15, -0.1) is 0 Å². The molecule has 2 heterocycles. The Morgan fingerprint density at radius 2 is 1.89 bits per heavy atom. The number of benzene rings is 2. The molecule has 186 valence electrons. The first-order valence-corrected chi connectivity index (χ1v) is 11.1. The smallest absolute Gasteiger partial charge is 0.324 e.